The van der Waals surface area contributed by atoms with Crippen molar-refractivity contribution in [2.24, 2.45) is 0 Å². The van der Waals surface area contributed by atoms with Crippen LogP contribution < -0.4 is 10.0 Å². The molecule has 0 bridgehead atoms. The molecule has 1 amide bonds. The lowest BCUT2D eigenvalue weighted by Gasteiger charge is -2.20. The van der Waals surface area contributed by atoms with Crippen molar-refractivity contribution in [3.63, 3.8) is 0 Å². The van der Waals surface area contributed by atoms with Crippen molar-refractivity contribution in [1.82, 2.24) is 13.5 Å². The molecule has 0 aliphatic heterocycles. The zero-order chi connectivity index (χ0) is 27.7. The molecule has 0 radical (unpaired) electrons. The maximum Gasteiger partial charge on any atom is 0.416 e. The number of carbonyl (C=O) groups excluding carboxylic acids is 1. The third kappa shape index (κ3) is 6.28. The predicted molar refractivity (Wildman–Crippen MR) is 127 cm³/mol. The summed E-state index contributed by atoms with van der Waals surface area (Å²) in [6.45, 7) is 0. The molecule has 1 aromatic heterocycles. The van der Waals surface area contributed by atoms with Crippen LogP contribution in [0.3, 0.4) is 0 Å². The van der Waals surface area contributed by atoms with E-state index in [4.69, 9.17) is 0 Å². The Morgan fingerprint density at radius 1 is 0.868 bits per heavy atom. The number of fused-ring (bicyclic) bond motifs is 1. The molecular formula is C23H16F6N4O3S2. The summed E-state index contributed by atoms with van der Waals surface area (Å²) in [6, 6.07) is 11.2. The smallest absolute Gasteiger partial charge is 0.325 e. The minimum Gasteiger partial charge on any atom is -0.325 e. The van der Waals surface area contributed by atoms with Gasteiger partial charge in [-0.2, -0.15) is 39.8 Å². The van der Waals surface area contributed by atoms with Crippen LogP contribution in [-0.2, 0) is 33.6 Å². The van der Waals surface area contributed by atoms with E-state index in [1.807, 2.05) is 5.32 Å². The number of nitrogens with zero attached hydrogens (tertiary/aromatic N) is 2. The molecule has 3 aromatic carbocycles. The van der Waals surface area contributed by atoms with Crippen LogP contribution in [0, 0.1) is 0 Å². The fourth-order valence-electron chi connectivity index (χ4n) is 3.54. The second-order valence-corrected chi connectivity index (χ2v) is 10.2. The van der Waals surface area contributed by atoms with E-state index >= 15 is 0 Å². The highest BCUT2D eigenvalue weighted by Crippen LogP contribution is 2.37. The molecule has 0 fully saturated rings. The summed E-state index contributed by atoms with van der Waals surface area (Å²) in [4.78, 5) is 12.8. The summed E-state index contributed by atoms with van der Waals surface area (Å²) >= 11 is 0.764. The Morgan fingerprint density at radius 2 is 1.50 bits per heavy atom. The first-order valence-electron chi connectivity index (χ1n) is 10.6. The highest BCUT2D eigenvalue weighted by molar-refractivity contribution is 7.89. The first-order valence-corrected chi connectivity index (χ1v) is 12.8. The van der Waals surface area contributed by atoms with Crippen LogP contribution in [0.1, 0.15) is 16.7 Å². The van der Waals surface area contributed by atoms with Crippen LogP contribution in [-0.4, -0.2) is 29.1 Å². The van der Waals surface area contributed by atoms with Gasteiger partial charge >= 0.3 is 12.4 Å². The number of rotatable bonds is 7. The molecule has 0 saturated heterocycles. The van der Waals surface area contributed by atoms with Gasteiger partial charge in [0, 0.05) is 5.69 Å². The second-order valence-electron chi connectivity index (χ2n) is 8.04. The first-order chi connectivity index (χ1) is 17.7. The lowest BCUT2D eigenvalue weighted by molar-refractivity contribution is -0.143. The van der Waals surface area contributed by atoms with Crippen molar-refractivity contribution < 1.29 is 39.6 Å². The van der Waals surface area contributed by atoms with Gasteiger partial charge in [0.2, 0.25) is 15.9 Å². The Labute approximate surface area is 215 Å². The molecule has 1 atom stereocenters. The summed E-state index contributed by atoms with van der Waals surface area (Å²) in [7, 11) is -4.44. The molecule has 15 heteroatoms. The largest absolute Gasteiger partial charge is 0.416 e. The van der Waals surface area contributed by atoms with Crippen molar-refractivity contribution in [3.8, 4) is 0 Å². The Morgan fingerprint density at radius 3 is 2.11 bits per heavy atom. The van der Waals surface area contributed by atoms with E-state index in [0.717, 1.165) is 11.7 Å². The van der Waals surface area contributed by atoms with Crippen LogP contribution in [0.15, 0.2) is 71.6 Å². The fourth-order valence-corrected chi connectivity index (χ4v) is 5.50. The minimum atomic E-state index is -5.13. The number of sulfonamides is 1. The van der Waals surface area contributed by atoms with Crippen LogP contribution >= 0.6 is 11.7 Å². The van der Waals surface area contributed by atoms with E-state index in [2.05, 4.69) is 13.5 Å². The van der Waals surface area contributed by atoms with E-state index in [0.29, 0.717) is 17.7 Å². The molecular weight excluding hydrogens is 558 g/mol. The molecule has 7 nitrogen and oxygen atoms in total. The third-order valence-electron chi connectivity index (χ3n) is 5.29. The summed E-state index contributed by atoms with van der Waals surface area (Å²) in [6.07, 6.45) is -10.5. The van der Waals surface area contributed by atoms with Gasteiger partial charge in [-0.05, 0) is 42.3 Å². The number of alkyl halides is 6. The highest BCUT2D eigenvalue weighted by atomic mass is 32.2. The topological polar surface area (TPSA) is 101 Å². The van der Waals surface area contributed by atoms with Crippen LogP contribution in [0.2, 0.25) is 0 Å². The average molecular weight is 575 g/mol. The van der Waals surface area contributed by atoms with E-state index in [-0.39, 0.29) is 28.4 Å². The number of hydrogen-bond acceptors (Lipinski definition) is 6. The monoisotopic (exact) mass is 574 g/mol. The van der Waals surface area contributed by atoms with Gasteiger partial charge in [-0.1, -0.05) is 36.4 Å². The molecule has 4 rings (SSSR count). The number of anilines is 1. The van der Waals surface area contributed by atoms with Crippen molar-refractivity contribution in [1.29, 1.82) is 0 Å². The SMILES string of the molecule is O=C(Nc1cc(C(F)(F)F)cc(C(F)(F)F)c1)[C@@H](Cc1ccccc1)NS(=O)(=O)c1cccc2nsnc12. The van der Waals surface area contributed by atoms with Gasteiger partial charge in [-0.3, -0.25) is 4.79 Å². The van der Waals surface area contributed by atoms with Gasteiger partial charge in [0.1, 0.15) is 22.0 Å². The molecule has 0 unspecified atom stereocenters. The quantitative estimate of drug-likeness (QED) is 0.294. The standard InChI is InChI=1S/C23H16F6N4O3S2/c24-22(25,26)14-10-15(23(27,28)29)12-16(11-14)30-21(34)18(9-13-5-2-1-3-6-13)33-38(35,36)19-8-4-7-17-20(19)32-37-31-17/h1-8,10-12,18,33H,9H2,(H,30,34)/t18-/m1/s1. The molecule has 0 saturated carbocycles. The summed E-state index contributed by atoms with van der Waals surface area (Å²) in [5, 5.41) is 2.00. The van der Waals surface area contributed by atoms with Crippen LogP contribution in [0.5, 0.6) is 0 Å². The molecule has 0 aliphatic rings. The fraction of sp³-hybridized carbons (Fsp3) is 0.174. The van der Waals surface area contributed by atoms with E-state index < -0.39 is 51.1 Å². The van der Waals surface area contributed by atoms with Crippen molar-refractivity contribution in [2.75, 3.05) is 5.32 Å². The number of amides is 1. The lowest BCUT2D eigenvalue weighted by atomic mass is 10.1. The number of halogens is 6. The van der Waals surface area contributed by atoms with Gasteiger partial charge in [-0.25, -0.2) is 8.42 Å². The Balaban J connectivity index is 1.70. The van der Waals surface area contributed by atoms with Crippen LogP contribution in [0.25, 0.3) is 11.0 Å². The Bertz CT molecular complexity index is 1540. The maximum absolute atomic E-state index is 13.2. The lowest BCUT2D eigenvalue weighted by Crippen LogP contribution is -2.45. The Hall–Kier alpha value is -3.56. The van der Waals surface area contributed by atoms with Crippen molar-refractivity contribution in [2.45, 2.75) is 29.7 Å². The highest BCUT2D eigenvalue weighted by Gasteiger charge is 2.37. The molecule has 2 N–H and O–H groups in total. The van der Waals surface area contributed by atoms with Gasteiger partial charge in [0.25, 0.3) is 0 Å². The summed E-state index contributed by atoms with van der Waals surface area (Å²) in [5.41, 5.74) is -3.28. The molecule has 4 aromatic rings. The molecule has 38 heavy (non-hydrogen) atoms. The number of aromatic nitrogens is 2. The molecule has 1 heterocycles. The second kappa shape index (κ2) is 10.3. The zero-order valence-corrected chi connectivity index (χ0v) is 20.5. The summed E-state index contributed by atoms with van der Waals surface area (Å²) in [5.74, 6) is -1.17. The number of carbonyl (C=O) groups is 1. The van der Waals surface area contributed by atoms with E-state index in [1.54, 1.807) is 30.3 Å². The third-order valence-corrected chi connectivity index (χ3v) is 7.34. The normalized spacial score (nSPS) is 13.4. The number of hydrogen-bond donors (Lipinski definition) is 2. The average Bonchev–Trinajstić information content (AvgIpc) is 3.32. The zero-order valence-electron chi connectivity index (χ0n) is 18.8. The minimum absolute atomic E-state index is 0.0385. The maximum atomic E-state index is 13.2. The summed E-state index contributed by atoms with van der Waals surface area (Å²) < 4.78 is 116. The van der Waals surface area contributed by atoms with E-state index in [9.17, 15) is 39.6 Å². The number of benzene rings is 3. The number of nitrogens with one attached hydrogen (secondary N) is 2. The predicted octanol–water partition coefficient (Wildman–Crippen LogP) is 5.26. The molecule has 200 valence electrons. The van der Waals surface area contributed by atoms with E-state index in [1.165, 1.54) is 18.2 Å². The van der Waals surface area contributed by atoms with Crippen molar-refractivity contribution >= 4 is 44.4 Å². The first kappa shape index (κ1) is 27.5. The van der Waals surface area contributed by atoms with Crippen molar-refractivity contribution in [3.05, 3.63) is 83.4 Å². The van der Waals surface area contributed by atoms with Gasteiger partial charge < -0.3 is 5.32 Å². The van der Waals surface area contributed by atoms with Gasteiger partial charge in [-0.15, -0.1) is 0 Å². The molecule has 0 spiro atoms. The van der Waals surface area contributed by atoms with Gasteiger partial charge in [0.15, 0.2) is 0 Å². The van der Waals surface area contributed by atoms with Gasteiger partial charge in [0.05, 0.1) is 22.9 Å². The molecule has 0 aliphatic carbocycles. The van der Waals surface area contributed by atoms with Crippen LogP contribution in [0.4, 0.5) is 32.0 Å². The Kier molecular flexibility index (Phi) is 7.45.